The fourth-order valence-corrected chi connectivity index (χ4v) is 1.87. The van der Waals surface area contributed by atoms with E-state index in [0.29, 0.717) is 18.1 Å². The molecule has 0 bridgehead atoms. The molecule has 2 rings (SSSR count). The lowest BCUT2D eigenvalue weighted by molar-refractivity contribution is 0.101. The van der Waals surface area contributed by atoms with Crippen molar-refractivity contribution in [2.45, 2.75) is 13.5 Å². The number of halogens is 1. The van der Waals surface area contributed by atoms with Gasteiger partial charge < -0.3 is 4.74 Å². The molecule has 0 saturated heterocycles. The van der Waals surface area contributed by atoms with Crippen LogP contribution in [0.1, 0.15) is 22.8 Å². The second-order valence-corrected chi connectivity index (χ2v) is 4.67. The molecular weight excluding hydrogens is 294 g/mol. The zero-order valence-corrected chi connectivity index (χ0v) is 11.5. The molecule has 0 fully saturated rings. The molecule has 0 unspecified atom stereocenters. The number of hydrogen-bond donors (Lipinski definition) is 0. The molecule has 0 N–H and O–H groups in total. The third kappa shape index (κ3) is 3.17. The van der Waals surface area contributed by atoms with E-state index in [1.165, 1.54) is 6.92 Å². The molecule has 4 heteroatoms. The minimum atomic E-state index is 0.00291. The molecule has 0 atom stereocenters. The SMILES string of the molecule is CC(=O)c1ccnc(OCc2ccccc2Br)c1. The van der Waals surface area contributed by atoms with Crippen LogP contribution in [0.25, 0.3) is 0 Å². The second kappa shape index (κ2) is 5.78. The summed E-state index contributed by atoms with van der Waals surface area (Å²) in [6.07, 6.45) is 1.58. The van der Waals surface area contributed by atoms with Crippen molar-refractivity contribution in [3.8, 4) is 5.88 Å². The zero-order valence-electron chi connectivity index (χ0n) is 9.89. The van der Waals surface area contributed by atoms with E-state index in [2.05, 4.69) is 20.9 Å². The average molecular weight is 306 g/mol. The van der Waals surface area contributed by atoms with Crippen molar-refractivity contribution in [1.82, 2.24) is 4.98 Å². The van der Waals surface area contributed by atoms with Gasteiger partial charge in [0.25, 0.3) is 0 Å². The van der Waals surface area contributed by atoms with Crippen LogP contribution in [0.2, 0.25) is 0 Å². The van der Waals surface area contributed by atoms with Gasteiger partial charge in [-0.3, -0.25) is 4.79 Å². The molecule has 92 valence electrons. The van der Waals surface area contributed by atoms with Crippen LogP contribution in [0.3, 0.4) is 0 Å². The molecule has 0 radical (unpaired) electrons. The highest BCUT2D eigenvalue weighted by molar-refractivity contribution is 9.10. The first-order chi connectivity index (χ1) is 8.66. The normalized spacial score (nSPS) is 10.1. The van der Waals surface area contributed by atoms with Crippen molar-refractivity contribution in [3.05, 3.63) is 58.2 Å². The maximum atomic E-state index is 11.2. The number of hydrogen-bond acceptors (Lipinski definition) is 3. The van der Waals surface area contributed by atoms with E-state index in [1.54, 1.807) is 18.3 Å². The molecule has 3 nitrogen and oxygen atoms in total. The molecule has 1 aromatic heterocycles. The molecule has 1 heterocycles. The third-order valence-corrected chi connectivity index (χ3v) is 3.25. The Balaban J connectivity index is 2.09. The van der Waals surface area contributed by atoms with E-state index < -0.39 is 0 Å². The van der Waals surface area contributed by atoms with Gasteiger partial charge in [-0.1, -0.05) is 34.1 Å². The number of carbonyl (C=O) groups is 1. The molecule has 0 spiro atoms. The quantitative estimate of drug-likeness (QED) is 0.810. The van der Waals surface area contributed by atoms with E-state index in [-0.39, 0.29) is 5.78 Å². The Kier molecular flexibility index (Phi) is 4.10. The predicted molar refractivity (Wildman–Crippen MR) is 72.7 cm³/mol. The largest absolute Gasteiger partial charge is 0.473 e. The maximum absolute atomic E-state index is 11.2. The summed E-state index contributed by atoms with van der Waals surface area (Å²) in [5.41, 5.74) is 1.64. The van der Waals surface area contributed by atoms with Gasteiger partial charge in [-0.25, -0.2) is 4.98 Å². The first kappa shape index (κ1) is 12.8. The number of carbonyl (C=O) groups excluding carboxylic acids is 1. The fraction of sp³-hybridized carbons (Fsp3) is 0.143. The second-order valence-electron chi connectivity index (χ2n) is 3.82. The van der Waals surface area contributed by atoms with Crippen LogP contribution in [0.5, 0.6) is 5.88 Å². The summed E-state index contributed by atoms with van der Waals surface area (Å²) < 4.78 is 6.56. The van der Waals surface area contributed by atoms with E-state index in [9.17, 15) is 4.79 Å². The number of ether oxygens (including phenoxy) is 1. The highest BCUT2D eigenvalue weighted by Gasteiger charge is 2.04. The molecule has 0 aliphatic carbocycles. The van der Waals surface area contributed by atoms with Crippen LogP contribution in [0.4, 0.5) is 0 Å². The Bertz CT molecular complexity index is 569. The molecular formula is C14H12BrNO2. The highest BCUT2D eigenvalue weighted by Crippen LogP contribution is 2.18. The summed E-state index contributed by atoms with van der Waals surface area (Å²) in [5, 5.41) is 0. The molecule has 18 heavy (non-hydrogen) atoms. The van der Waals surface area contributed by atoms with Gasteiger partial charge in [0.05, 0.1) is 0 Å². The van der Waals surface area contributed by atoms with Crippen LogP contribution in [-0.4, -0.2) is 10.8 Å². The van der Waals surface area contributed by atoms with Crippen molar-refractivity contribution in [2.75, 3.05) is 0 Å². The number of Topliss-reactive ketones (excluding diaryl/α,β-unsaturated/α-hetero) is 1. The van der Waals surface area contributed by atoms with Crippen molar-refractivity contribution in [3.63, 3.8) is 0 Å². The van der Waals surface area contributed by atoms with Gasteiger partial charge in [0.15, 0.2) is 5.78 Å². The standard InChI is InChI=1S/C14H12BrNO2/c1-10(17)11-6-7-16-14(8-11)18-9-12-4-2-3-5-13(12)15/h2-8H,9H2,1H3. The third-order valence-electron chi connectivity index (χ3n) is 2.47. The van der Waals surface area contributed by atoms with Gasteiger partial charge in [-0.15, -0.1) is 0 Å². The molecule has 1 aromatic carbocycles. The lowest BCUT2D eigenvalue weighted by Gasteiger charge is -2.07. The van der Waals surface area contributed by atoms with Crippen LogP contribution in [0.15, 0.2) is 47.1 Å². The number of nitrogens with zero attached hydrogens (tertiary/aromatic N) is 1. The van der Waals surface area contributed by atoms with Crippen LogP contribution >= 0.6 is 15.9 Å². The summed E-state index contributed by atoms with van der Waals surface area (Å²) in [7, 11) is 0. The summed E-state index contributed by atoms with van der Waals surface area (Å²) >= 11 is 3.45. The van der Waals surface area contributed by atoms with E-state index in [1.807, 2.05) is 24.3 Å². The molecule has 0 saturated carbocycles. The first-order valence-corrected chi connectivity index (χ1v) is 6.29. The average Bonchev–Trinajstić information content (AvgIpc) is 2.38. The monoisotopic (exact) mass is 305 g/mol. The van der Waals surface area contributed by atoms with Crippen molar-refractivity contribution >= 4 is 21.7 Å². The molecule has 0 aliphatic heterocycles. The number of rotatable bonds is 4. The molecule has 0 amide bonds. The number of pyridine rings is 1. The van der Waals surface area contributed by atoms with E-state index >= 15 is 0 Å². The lowest BCUT2D eigenvalue weighted by Crippen LogP contribution is -2.00. The zero-order chi connectivity index (χ0) is 13.0. The van der Waals surface area contributed by atoms with Crippen molar-refractivity contribution in [1.29, 1.82) is 0 Å². The minimum absolute atomic E-state index is 0.00291. The summed E-state index contributed by atoms with van der Waals surface area (Å²) in [6.45, 7) is 1.93. The number of benzene rings is 1. The van der Waals surface area contributed by atoms with E-state index in [4.69, 9.17) is 4.74 Å². The summed E-state index contributed by atoms with van der Waals surface area (Å²) in [6, 6.07) is 11.1. The lowest BCUT2D eigenvalue weighted by atomic mass is 10.2. The number of aromatic nitrogens is 1. The Labute approximate surface area is 114 Å². The van der Waals surface area contributed by atoms with Crippen LogP contribution in [-0.2, 0) is 6.61 Å². The van der Waals surface area contributed by atoms with Gasteiger partial charge in [0.1, 0.15) is 6.61 Å². The van der Waals surface area contributed by atoms with Gasteiger partial charge in [0, 0.05) is 27.9 Å². The summed E-state index contributed by atoms with van der Waals surface area (Å²) in [5.74, 6) is 0.460. The first-order valence-electron chi connectivity index (χ1n) is 5.50. The van der Waals surface area contributed by atoms with Crippen LogP contribution in [0, 0.1) is 0 Å². The minimum Gasteiger partial charge on any atom is -0.473 e. The maximum Gasteiger partial charge on any atom is 0.214 e. The Hall–Kier alpha value is -1.68. The van der Waals surface area contributed by atoms with Crippen LogP contribution < -0.4 is 4.74 Å². The van der Waals surface area contributed by atoms with Gasteiger partial charge in [0.2, 0.25) is 5.88 Å². The molecule has 0 aliphatic rings. The smallest absolute Gasteiger partial charge is 0.214 e. The topological polar surface area (TPSA) is 39.2 Å². The van der Waals surface area contributed by atoms with Gasteiger partial charge in [-0.2, -0.15) is 0 Å². The van der Waals surface area contributed by atoms with Gasteiger partial charge in [-0.05, 0) is 19.1 Å². The number of ketones is 1. The predicted octanol–water partition coefficient (Wildman–Crippen LogP) is 3.63. The summed E-state index contributed by atoms with van der Waals surface area (Å²) in [4.78, 5) is 15.3. The highest BCUT2D eigenvalue weighted by atomic mass is 79.9. The van der Waals surface area contributed by atoms with Crippen molar-refractivity contribution in [2.24, 2.45) is 0 Å². The van der Waals surface area contributed by atoms with E-state index in [0.717, 1.165) is 10.0 Å². The van der Waals surface area contributed by atoms with Gasteiger partial charge >= 0.3 is 0 Å². The van der Waals surface area contributed by atoms with Crippen molar-refractivity contribution < 1.29 is 9.53 Å². The Morgan fingerprint density at radius 1 is 1.33 bits per heavy atom. The Morgan fingerprint density at radius 2 is 2.11 bits per heavy atom. The Morgan fingerprint density at radius 3 is 2.83 bits per heavy atom. The molecule has 2 aromatic rings. The fourth-order valence-electron chi connectivity index (χ4n) is 1.47.